The Morgan fingerprint density at radius 2 is 2.08 bits per heavy atom. The van der Waals surface area contributed by atoms with Crippen LogP contribution >= 0.6 is 0 Å². The van der Waals surface area contributed by atoms with Crippen molar-refractivity contribution in [1.29, 1.82) is 0 Å². The van der Waals surface area contributed by atoms with Crippen LogP contribution in [-0.4, -0.2) is 36.6 Å². The zero-order chi connectivity index (χ0) is 19.3. The molecule has 0 spiro atoms. The number of nitrogens with zero attached hydrogens (tertiary/aromatic N) is 2. The summed E-state index contributed by atoms with van der Waals surface area (Å²) in [6, 6.07) is 4.74. The van der Waals surface area contributed by atoms with Gasteiger partial charge in [0.05, 0.1) is 6.61 Å². The number of methoxy groups -OCH3 is 1. The van der Waals surface area contributed by atoms with E-state index >= 15 is 0 Å². The number of alkyl halides is 3. The summed E-state index contributed by atoms with van der Waals surface area (Å²) in [5.41, 5.74) is 5.87. The van der Waals surface area contributed by atoms with Crippen molar-refractivity contribution in [1.82, 2.24) is 9.97 Å². The van der Waals surface area contributed by atoms with E-state index < -0.39 is 17.6 Å². The van der Waals surface area contributed by atoms with E-state index in [4.69, 9.17) is 10.5 Å². The van der Waals surface area contributed by atoms with Gasteiger partial charge in [0.1, 0.15) is 11.4 Å². The van der Waals surface area contributed by atoms with Crippen LogP contribution in [0.2, 0.25) is 0 Å². The van der Waals surface area contributed by atoms with Crippen LogP contribution in [0.5, 0.6) is 0 Å². The average Bonchev–Trinajstić information content (AvgIpc) is 2.58. The van der Waals surface area contributed by atoms with E-state index in [2.05, 4.69) is 20.6 Å². The molecule has 0 aliphatic heterocycles. The molecular weight excluding hydrogens is 351 g/mol. The smallest absolute Gasteiger partial charge is 0.384 e. The Morgan fingerprint density at radius 1 is 1.35 bits per heavy atom. The quantitative estimate of drug-likeness (QED) is 0.693. The Morgan fingerprint density at radius 3 is 2.65 bits per heavy atom. The number of carbonyl (C=O) groups excluding carboxylic acids is 1. The zero-order valence-electron chi connectivity index (χ0n) is 14.1. The van der Waals surface area contributed by atoms with Crippen LogP contribution in [0, 0.1) is 0 Å². The van der Waals surface area contributed by atoms with Gasteiger partial charge in [0.25, 0.3) is 0 Å². The standard InChI is InChI=1S/C16H18F3N5O2/c1-21-14-12(16(17,18)19)8-22-15(24-14)23-10-3-4-11(13(20)25)9(7-10)5-6-26-2/h3-4,7-8H,5-6H2,1-2H3,(H2,20,25)(H2,21,22,23,24). The SMILES string of the molecule is CNc1nc(Nc2ccc(C(N)=O)c(CCOC)c2)ncc1C(F)(F)F. The fourth-order valence-electron chi connectivity index (χ4n) is 2.30. The average molecular weight is 369 g/mol. The maximum Gasteiger partial charge on any atom is 0.421 e. The summed E-state index contributed by atoms with van der Waals surface area (Å²) >= 11 is 0. The van der Waals surface area contributed by atoms with Crippen LogP contribution in [0.4, 0.5) is 30.6 Å². The highest BCUT2D eigenvalue weighted by Crippen LogP contribution is 2.33. The molecule has 1 aromatic heterocycles. The molecule has 0 fully saturated rings. The highest BCUT2D eigenvalue weighted by Gasteiger charge is 2.35. The molecule has 0 aliphatic carbocycles. The van der Waals surface area contributed by atoms with Crippen molar-refractivity contribution in [3.63, 3.8) is 0 Å². The normalized spacial score (nSPS) is 11.3. The Labute approximate surface area is 147 Å². The van der Waals surface area contributed by atoms with E-state index in [1.807, 2.05) is 0 Å². The molecular formula is C16H18F3N5O2. The molecule has 7 nitrogen and oxygen atoms in total. The highest BCUT2D eigenvalue weighted by atomic mass is 19.4. The fourth-order valence-corrected chi connectivity index (χ4v) is 2.30. The molecule has 1 aromatic carbocycles. The summed E-state index contributed by atoms with van der Waals surface area (Å²) in [7, 11) is 2.87. The number of nitrogens with one attached hydrogen (secondary N) is 2. The molecule has 140 valence electrons. The molecule has 1 amide bonds. The van der Waals surface area contributed by atoms with Crippen LogP contribution in [-0.2, 0) is 17.3 Å². The first kappa shape index (κ1) is 19.4. The van der Waals surface area contributed by atoms with Gasteiger partial charge >= 0.3 is 6.18 Å². The van der Waals surface area contributed by atoms with Gasteiger partial charge in [-0.3, -0.25) is 4.79 Å². The monoisotopic (exact) mass is 369 g/mol. The number of hydrogen-bond donors (Lipinski definition) is 3. The molecule has 1 heterocycles. The minimum absolute atomic E-state index is 0.0214. The van der Waals surface area contributed by atoms with Gasteiger partial charge in [0.15, 0.2) is 0 Å². The summed E-state index contributed by atoms with van der Waals surface area (Å²) in [5, 5.41) is 5.22. The van der Waals surface area contributed by atoms with Crippen molar-refractivity contribution >= 4 is 23.4 Å². The maximum absolute atomic E-state index is 12.9. The number of hydrogen-bond acceptors (Lipinski definition) is 6. The van der Waals surface area contributed by atoms with E-state index in [9.17, 15) is 18.0 Å². The lowest BCUT2D eigenvalue weighted by atomic mass is 10.0. The number of ether oxygens (including phenoxy) is 1. The van der Waals surface area contributed by atoms with Crippen LogP contribution in [0.15, 0.2) is 24.4 Å². The first-order chi connectivity index (χ1) is 12.3. The Bertz CT molecular complexity index is 796. The van der Waals surface area contributed by atoms with Gasteiger partial charge in [0, 0.05) is 31.6 Å². The number of nitrogens with two attached hydrogens (primary N) is 1. The molecule has 2 aromatic rings. The molecule has 0 atom stereocenters. The third kappa shape index (κ3) is 4.60. The Kier molecular flexibility index (Phi) is 5.98. The molecule has 0 radical (unpaired) electrons. The topological polar surface area (TPSA) is 102 Å². The van der Waals surface area contributed by atoms with E-state index in [1.165, 1.54) is 20.2 Å². The van der Waals surface area contributed by atoms with Gasteiger partial charge in [-0.2, -0.15) is 18.2 Å². The second-order valence-electron chi connectivity index (χ2n) is 5.31. The van der Waals surface area contributed by atoms with Crippen LogP contribution in [0.1, 0.15) is 21.5 Å². The number of amides is 1. The summed E-state index contributed by atoms with van der Waals surface area (Å²) in [4.78, 5) is 19.0. The summed E-state index contributed by atoms with van der Waals surface area (Å²) in [6.07, 6.45) is -3.42. The van der Waals surface area contributed by atoms with Crippen molar-refractivity contribution in [2.75, 3.05) is 31.4 Å². The number of halogens is 3. The lowest BCUT2D eigenvalue weighted by molar-refractivity contribution is -0.137. The third-order valence-electron chi connectivity index (χ3n) is 3.53. The largest absolute Gasteiger partial charge is 0.421 e. The number of aromatic nitrogens is 2. The molecule has 0 unspecified atom stereocenters. The first-order valence-corrected chi connectivity index (χ1v) is 7.57. The highest BCUT2D eigenvalue weighted by molar-refractivity contribution is 5.94. The molecule has 2 rings (SSSR count). The first-order valence-electron chi connectivity index (χ1n) is 7.57. The Hall–Kier alpha value is -2.88. The van der Waals surface area contributed by atoms with Crippen LogP contribution in [0.25, 0.3) is 0 Å². The second kappa shape index (κ2) is 8.00. The number of carbonyl (C=O) groups is 1. The van der Waals surface area contributed by atoms with Gasteiger partial charge in [-0.15, -0.1) is 0 Å². The number of benzene rings is 1. The van der Waals surface area contributed by atoms with Crippen molar-refractivity contribution in [3.05, 3.63) is 41.1 Å². The lowest BCUT2D eigenvalue weighted by Crippen LogP contribution is -2.15. The van der Waals surface area contributed by atoms with Crippen LogP contribution in [0.3, 0.4) is 0 Å². The molecule has 0 bridgehead atoms. The van der Waals surface area contributed by atoms with Gasteiger partial charge in [-0.05, 0) is 30.2 Å². The Balaban J connectivity index is 2.31. The minimum Gasteiger partial charge on any atom is -0.384 e. The summed E-state index contributed by atoms with van der Waals surface area (Å²) in [5.74, 6) is -0.943. The number of anilines is 3. The van der Waals surface area contributed by atoms with E-state index in [0.717, 1.165) is 0 Å². The van der Waals surface area contributed by atoms with E-state index in [0.29, 0.717) is 36.0 Å². The molecule has 0 aliphatic rings. The summed E-state index contributed by atoms with van der Waals surface area (Å²) in [6.45, 7) is 0.379. The van der Waals surface area contributed by atoms with Crippen molar-refractivity contribution in [3.8, 4) is 0 Å². The maximum atomic E-state index is 12.9. The van der Waals surface area contributed by atoms with Gasteiger partial charge in [-0.1, -0.05) is 0 Å². The number of rotatable bonds is 7. The predicted octanol–water partition coefficient (Wildman–Crippen LogP) is 2.57. The minimum atomic E-state index is -4.56. The van der Waals surface area contributed by atoms with Crippen molar-refractivity contribution in [2.24, 2.45) is 5.73 Å². The summed E-state index contributed by atoms with van der Waals surface area (Å²) < 4.78 is 43.7. The second-order valence-corrected chi connectivity index (χ2v) is 5.31. The zero-order valence-corrected chi connectivity index (χ0v) is 14.1. The predicted molar refractivity (Wildman–Crippen MR) is 90.4 cm³/mol. The molecule has 4 N–H and O–H groups in total. The van der Waals surface area contributed by atoms with Gasteiger partial charge in [-0.25, -0.2) is 4.98 Å². The van der Waals surface area contributed by atoms with E-state index in [-0.39, 0.29) is 11.8 Å². The van der Waals surface area contributed by atoms with Crippen molar-refractivity contribution < 1.29 is 22.7 Å². The lowest BCUT2D eigenvalue weighted by Gasteiger charge is -2.14. The molecule has 0 saturated heterocycles. The van der Waals surface area contributed by atoms with Gasteiger partial charge in [0.2, 0.25) is 11.9 Å². The van der Waals surface area contributed by atoms with E-state index in [1.54, 1.807) is 12.1 Å². The third-order valence-corrected chi connectivity index (χ3v) is 3.53. The van der Waals surface area contributed by atoms with Crippen LogP contribution < -0.4 is 16.4 Å². The molecule has 0 saturated carbocycles. The molecule has 26 heavy (non-hydrogen) atoms. The fraction of sp³-hybridized carbons (Fsp3) is 0.312. The number of primary amides is 1. The van der Waals surface area contributed by atoms with Gasteiger partial charge < -0.3 is 21.1 Å². The van der Waals surface area contributed by atoms with Crippen molar-refractivity contribution in [2.45, 2.75) is 12.6 Å². The molecule has 10 heteroatoms.